The Morgan fingerprint density at radius 3 is 2.69 bits per heavy atom. The van der Waals surface area contributed by atoms with Crippen LogP contribution in [0.1, 0.15) is 0 Å². The van der Waals surface area contributed by atoms with E-state index in [1.165, 1.54) is 30.7 Å². The molecular formula is C27H27FN8O3. The second-order valence-electron chi connectivity index (χ2n) is 8.92. The number of benzene rings is 1. The number of carbonyl (C=O) groups is 1. The SMILES string of the molecule is C=CC(=O)Nc1ccnc(-n2ccc(=O)c3cnc(Nc4ccc(N5CCN(CCO)CC5)cc4F)nc32)c1. The van der Waals surface area contributed by atoms with Gasteiger partial charge in [0.1, 0.15) is 11.6 Å². The molecule has 0 unspecified atom stereocenters. The van der Waals surface area contributed by atoms with Crippen molar-refractivity contribution in [3.63, 3.8) is 0 Å². The minimum absolute atomic E-state index is 0.0993. The Balaban J connectivity index is 1.41. The fraction of sp³-hybridized carbons (Fsp3) is 0.222. The third-order valence-corrected chi connectivity index (χ3v) is 6.44. The second-order valence-corrected chi connectivity index (χ2v) is 8.92. The minimum Gasteiger partial charge on any atom is -0.395 e. The number of hydrogen-bond acceptors (Lipinski definition) is 9. The molecule has 39 heavy (non-hydrogen) atoms. The molecule has 1 saturated heterocycles. The zero-order chi connectivity index (χ0) is 27.4. The summed E-state index contributed by atoms with van der Waals surface area (Å²) in [4.78, 5) is 41.5. The number of nitrogens with zero attached hydrogens (tertiary/aromatic N) is 6. The number of anilines is 4. The van der Waals surface area contributed by atoms with Gasteiger partial charge in [-0.15, -0.1) is 0 Å². The Morgan fingerprint density at radius 2 is 1.95 bits per heavy atom. The monoisotopic (exact) mass is 530 g/mol. The van der Waals surface area contributed by atoms with Gasteiger partial charge in [-0.3, -0.25) is 19.1 Å². The Hall–Kier alpha value is -4.68. The van der Waals surface area contributed by atoms with E-state index in [-0.39, 0.29) is 40.6 Å². The fourth-order valence-corrected chi connectivity index (χ4v) is 4.39. The maximum Gasteiger partial charge on any atom is 0.247 e. The lowest BCUT2D eigenvalue weighted by Gasteiger charge is -2.35. The molecule has 5 rings (SSSR count). The molecule has 11 nitrogen and oxygen atoms in total. The summed E-state index contributed by atoms with van der Waals surface area (Å²) in [6.45, 7) is 7.28. The zero-order valence-electron chi connectivity index (χ0n) is 21.0. The summed E-state index contributed by atoms with van der Waals surface area (Å²) >= 11 is 0. The number of pyridine rings is 2. The summed E-state index contributed by atoms with van der Waals surface area (Å²) in [5, 5.41) is 15.0. The quantitative estimate of drug-likeness (QED) is 0.294. The highest BCUT2D eigenvalue weighted by molar-refractivity contribution is 5.99. The van der Waals surface area contributed by atoms with E-state index in [0.717, 1.165) is 37.9 Å². The lowest BCUT2D eigenvalue weighted by atomic mass is 10.2. The minimum atomic E-state index is -0.466. The van der Waals surface area contributed by atoms with Crippen molar-refractivity contribution < 1.29 is 14.3 Å². The van der Waals surface area contributed by atoms with Gasteiger partial charge in [0.2, 0.25) is 11.9 Å². The molecule has 1 amide bonds. The molecule has 200 valence electrons. The first kappa shape index (κ1) is 25.9. The van der Waals surface area contributed by atoms with Gasteiger partial charge in [-0.25, -0.2) is 14.4 Å². The van der Waals surface area contributed by atoms with Crippen LogP contribution in [0.3, 0.4) is 0 Å². The predicted octanol–water partition coefficient (Wildman–Crippen LogP) is 2.30. The summed E-state index contributed by atoms with van der Waals surface area (Å²) in [5.41, 5.74) is 1.43. The number of aliphatic hydroxyl groups excluding tert-OH is 1. The molecule has 1 aliphatic heterocycles. The lowest BCUT2D eigenvalue weighted by molar-refractivity contribution is -0.111. The highest BCUT2D eigenvalue weighted by atomic mass is 19.1. The van der Waals surface area contributed by atoms with Crippen LogP contribution in [-0.4, -0.2) is 74.8 Å². The second kappa shape index (κ2) is 11.4. The summed E-state index contributed by atoms with van der Waals surface area (Å²) < 4.78 is 16.7. The number of β-amino-alcohol motifs (C(OH)–C–C–N with tert-alkyl or cyclic N) is 1. The van der Waals surface area contributed by atoms with Crippen molar-refractivity contribution in [3.8, 4) is 5.82 Å². The van der Waals surface area contributed by atoms with Gasteiger partial charge >= 0.3 is 0 Å². The highest BCUT2D eigenvalue weighted by Gasteiger charge is 2.18. The number of aromatic nitrogens is 4. The lowest BCUT2D eigenvalue weighted by Crippen LogP contribution is -2.47. The predicted molar refractivity (Wildman–Crippen MR) is 147 cm³/mol. The Bertz CT molecular complexity index is 1580. The topological polar surface area (TPSA) is 129 Å². The number of fused-ring (bicyclic) bond motifs is 1. The van der Waals surface area contributed by atoms with Crippen molar-refractivity contribution in [1.29, 1.82) is 0 Å². The molecule has 4 heterocycles. The first-order chi connectivity index (χ1) is 18.9. The van der Waals surface area contributed by atoms with Crippen LogP contribution < -0.4 is 21.0 Å². The smallest absolute Gasteiger partial charge is 0.247 e. The van der Waals surface area contributed by atoms with Crippen LogP contribution in [0.4, 0.5) is 27.4 Å². The van der Waals surface area contributed by atoms with Crippen LogP contribution in [-0.2, 0) is 4.79 Å². The van der Waals surface area contributed by atoms with Gasteiger partial charge in [0, 0.05) is 74.8 Å². The molecule has 0 saturated carbocycles. The van der Waals surface area contributed by atoms with Crippen molar-refractivity contribution in [2.45, 2.75) is 0 Å². The molecule has 3 N–H and O–H groups in total. The van der Waals surface area contributed by atoms with Crippen LogP contribution in [0, 0.1) is 5.82 Å². The van der Waals surface area contributed by atoms with Gasteiger partial charge in [0.25, 0.3) is 0 Å². The van der Waals surface area contributed by atoms with E-state index in [4.69, 9.17) is 5.11 Å². The molecular weight excluding hydrogens is 503 g/mol. The first-order valence-electron chi connectivity index (χ1n) is 12.4. The summed E-state index contributed by atoms with van der Waals surface area (Å²) in [5.74, 6) is -0.335. The largest absolute Gasteiger partial charge is 0.395 e. The van der Waals surface area contributed by atoms with Crippen molar-refractivity contribution in [1.82, 2.24) is 24.4 Å². The van der Waals surface area contributed by atoms with Gasteiger partial charge < -0.3 is 20.6 Å². The highest BCUT2D eigenvalue weighted by Crippen LogP contribution is 2.25. The van der Waals surface area contributed by atoms with E-state index < -0.39 is 5.82 Å². The molecule has 0 bridgehead atoms. The van der Waals surface area contributed by atoms with E-state index in [1.54, 1.807) is 22.8 Å². The molecule has 3 aromatic heterocycles. The number of halogens is 1. The Morgan fingerprint density at radius 1 is 1.13 bits per heavy atom. The summed E-state index contributed by atoms with van der Waals surface area (Å²) in [6.07, 6.45) is 5.58. The standard InChI is InChI=1S/C27H27FN8O3/c1-2-25(39)31-18-5-7-29-24(15-18)36-8-6-23(38)20-17-30-27(33-26(20)36)32-22-4-3-19(16-21(22)28)35-11-9-34(10-12-35)13-14-37/h2-8,15-17,37H,1,9-14H2,(H,29,31,39)(H,30,32,33). The normalized spacial score (nSPS) is 13.8. The van der Waals surface area contributed by atoms with Gasteiger partial charge in [-0.2, -0.15) is 4.98 Å². The first-order valence-corrected chi connectivity index (χ1v) is 12.4. The van der Waals surface area contributed by atoms with E-state index in [0.29, 0.717) is 18.1 Å². The molecule has 0 aliphatic carbocycles. The molecule has 0 spiro atoms. The number of nitrogens with one attached hydrogen (secondary N) is 2. The van der Waals surface area contributed by atoms with E-state index in [2.05, 4.69) is 42.0 Å². The average molecular weight is 531 g/mol. The van der Waals surface area contributed by atoms with Crippen molar-refractivity contribution in [2.24, 2.45) is 0 Å². The van der Waals surface area contributed by atoms with Crippen LogP contribution in [0.15, 0.2) is 72.4 Å². The number of aliphatic hydroxyl groups is 1. The average Bonchev–Trinajstić information content (AvgIpc) is 2.95. The molecule has 0 atom stereocenters. The van der Waals surface area contributed by atoms with Crippen LogP contribution in [0.5, 0.6) is 0 Å². The van der Waals surface area contributed by atoms with Crippen molar-refractivity contribution >= 4 is 40.0 Å². The van der Waals surface area contributed by atoms with Crippen LogP contribution >= 0.6 is 0 Å². The zero-order valence-corrected chi connectivity index (χ0v) is 21.0. The summed E-state index contributed by atoms with van der Waals surface area (Å²) in [6, 6.07) is 9.55. The van der Waals surface area contributed by atoms with Crippen molar-refractivity contribution in [2.75, 3.05) is 54.9 Å². The van der Waals surface area contributed by atoms with E-state index >= 15 is 4.39 Å². The number of rotatable bonds is 8. The molecule has 1 aliphatic rings. The number of carbonyl (C=O) groups excluding carboxylic acids is 1. The van der Waals surface area contributed by atoms with Gasteiger partial charge in [-0.05, 0) is 30.3 Å². The third-order valence-electron chi connectivity index (χ3n) is 6.44. The van der Waals surface area contributed by atoms with Crippen molar-refractivity contribution in [3.05, 3.63) is 83.7 Å². The number of hydrogen-bond donors (Lipinski definition) is 3. The Kier molecular flexibility index (Phi) is 7.57. The number of amides is 1. The van der Waals surface area contributed by atoms with Crippen LogP contribution in [0.25, 0.3) is 16.9 Å². The summed E-state index contributed by atoms with van der Waals surface area (Å²) in [7, 11) is 0. The molecule has 0 radical (unpaired) electrons. The van der Waals surface area contributed by atoms with Crippen LogP contribution in [0.2, 0.25) is 0 Å². The third kappa shape index (κ3) is 5.76. The molecule has 12 heteroatoms. The van der Waals surface area contributed by atoms with E-state index in [9.17, 15) is 9.59 Å². The molecule has 1 fully saturated rings. The van der Waals surface area contributed by atoms with E-state index in [1.807, 2.05) is 6.07 Å². The molecule has 4 aromatic rings. The maximum absolute atomic E-state index is 15.1. The van der Waals surface area contributed by atoms with Gasteiger partial charge in [0.05, 0.1) is 17.7 Å². The number of piperazine rings is 1. The fourth-order valence-electron chi connectivity index (χ4n) is 4.39. The van der Waals surface area contributed by atoms with Gasteiger partial charge in [0.15, 0.2) is 11.1 Å². The Labute approximate surface area is 223 Å². The van der Waals surface area contributed by atoms with Gasteiger partial charge in [-0.1, -0.05) is 6.58 Å². The molecule has 1 aromatic carbocycles. The maximum atomic E-state index is 15.1.